The van der Waals surface area contributed by atoms with Gasteiger partial charge < -0.3 is 9.64 Å². The van der Waals surface area contributed by atoms with Gasteiger partial charge in [0.05, 0.1) is 19.2 Å². The average molecular weight is 234 g/mol. The van der Waals surface area contributed by atoms with Crippen molar-refractivity contribution in [1.29, 1.82) is 0 Å². The van der Waals surface area contributed by atoms with Crippen LogP contribution in [-0.4, -0.2) is 32.2 Å². The predicted octanol–water partition coefficient (Wildman–Crippen LogP) is 0.829. The lowest BCUT2D eigenvalue weighted by Crippen LogP contribution is -3.11. The van der Waals surface area contributed by atoms with E-state index in [-0.39, 0.29) is 12.1 Å². The van der Waals surface area contributed by atoms with Gasteiger partial charge in [-0.3, -0.25) is 0 Å². The van der Waals surface area contributed by atoms with Crippen LogP contribution in [0.1, 0.15) is 28.8 Å². The Bertz CT molecular complexity index is 403. The third kappa shape index (κ3) is 3.07. The topological polar surface area (TPSA) is 30.7 Å². The molecule has 0 aromatic heterocycles. The first-order valence-electron chi connectivity index (χ1n) is 6.24. The minimum absolute atomic E-state index is 0.0795. The van der Waals surface area contributed by atoms with Crippen molar-refractivity contribution < 1.29 is 14.4 Å². The van der Waals surface area contributed by atoms with E-state index in [9.17, 15) is 4.79 Å². The summed E-state index contributed by atoms with van der Waals surface area (Å²) in [6, 6.07) is 7.58. The van der Waals surface area contributed by atoms with Gasteiger partial charge in [0, 0.05) is 6.42 Å². The molecule has 1 aliphatic rings. The Morgan fingerprint density at radius 2 is 2.18 bits per heavy atom. The number of carbonyl (C=O) groups is 1. The number of benzene rings is 1. The third-order valence-electron chi connectivity index (χ3n) is 3.34. The number of likely N-dealkylation sites (N-methyl/N-ethyl adjacent to an activating group) is 1. The standard InChI is InChI=1S/C14H19NO2/c1-11-6-3-4-8-13(11)14(16)17-12-7-5-9-15(2)10-12/h3-4,6,8,12H,5,7,9-10H2,1-2H3/p+1. The van der Waals surface area contributed by atoms with Crippen LogP contribution >= 0.6 is 0 Å². The number of hydrogen-bond acceptors (Lipinski definition) is 2. The maximum absolute atomic E-state index is 12.0. The molecule has 1 aromatic carbocycles. The number of ether oxygens (including phenoxy) is 1. The third-order valence-corrected chi connectivity index (χ3v) is 3.34. The summed E-state index contributed by atoms with van der Waals surface area (Å²) in [4.78, 5) is 13.5. The van der Waals surface area contributed by atoms with Crippen molar-refractivity contribution in [2.75, 3.05) is 20.1 Å². The van der Waals surface area contributed by atoms with E-state index in [1.165, 1.54) is 11.4 Å². The average Bonchev–Trinajstić information content (AvgIpc) is 2.29. The van der Waals surface area contributed by atoms with Crippen LogP contribution in [0.4, 0.5) is 0 Å². The fourth-order valence-corrected chi connectivity index (χ4v) is 2.34. The highest BCUT2D eigenvalue weighted by molar-refractivity contribution is 5.91. The maximum Gasteiger partial charge on any atom is 0.338 e. The van der Waals surface area contributed by atoms with Crippen LogP contribution in [0.2, 0.25) is 0 Å². The Kier molecular flexibility index (Phi) is 3.79. The van der Waals surface area contributed by atoms with Crippen molar-refractivity contribution in [2.45, 2.75) is 25.9 Å². The van der Waals surface area contributed by atoms with E-state index in [2.05, 4.69) is 7.05 Å². The van der Waals surface area contributed by atoms with Gasteiger partial charge in [0.15, 0.2) is 6.10 Å². The molecule has 2 unspecified atom stereocenters. The van der Waals surface area contributed by atoms with Crippen LogP contribution in [0.25, 0.3) is 0 Å². The van der Waals surface area contributed by atoms with Crippen LogP contribution in [0.3, 0.4) is 0 Å². The number of carbonyl (C=O) groups excluding carboxylic acids is 1. The molecule has 0 radical (unpaired) electrons. The smallest absolute Gasteiger partial charge is 0.338 e. The van der Waals surface area contributed by atoms with Gasteiger partial charge in [-0.15, -0.1) is 0 Å². The highest BCUT2D eigenvalue weighted by atomic mass is 16.5. The van der Waals surface area contributed by atoms with E-state index >= 15 is 0 Å². The lowest BCUT2D eigenvalue weighted by Gasteiger charge is -2.26. The summed E-state index contributed by atoms with van der Waals surface area (Å²) in [5, 5.41) is 0. The molecule has 3 heteroatoms. The van der Waals surface area contributed by atoms with E-state index in [0.717, 1.165) is 24.9 Å². The molecule has 1 saturated heterocycles. The van der Waals surface area contributed by atoms with Crippen molar-refractivity contribution in [3.8, 4) is 0 Å². The molecule has 1 heterocycles. The number of quaternary nitrogens is 1. The summed E-state index contributed by atoms with van der Waals surface area (Å²) < 4.78 is 5.57. The van der Waals surface area contributed by atoms with Crippen LogP contribution in [0.5, 0.6) is 0 Å². The van der Waals surface area contributed by atoms with E-state index in [1.807, 2.05) is 31.2 Å². The van der Waals surface area contributed by atoms with Gasteiger partial charge in [-0.1, -0.05) is 18.2 Å². The SMILES string of the molecule is Cc1ccccc1C(=O)OC1CCC[NH+](C)C1. The Morgan fingerprint density at radius 3 is 2.88 bits per heavy atom. The molecule has 17 heavy (non-hydrogen) atoms. The van der Waals surface area contributed by atoms with Gasteiger partial charge >= 0.3 is 5.97 Å². The summed E-state index contributed by atoms with van der Waals surface area (Å²) in [6.07, 6.45) is 2.21. The molecule has 0 aliphatic carbocycles. The lowest BCUT2D eigenvalue weighted by molar-refractivity contribution is -0.888. The number of likely N-dealkylation sites (tertiary alicyclic amines) is 1. The van der Waals surface area contributed by atoms with Crippen LogP contribution in [0, 0.1) is 6.92 Å². The van der Waals surface area contributed by atoms with Gasteiger partial charge in [-0.25, -0.2) is 4.79 Å². The first-order valence-corrected chi connectivity index (χ1v) is 6.24. The minimum Gasteiger partial charge on any atom is -0.453 e. The van der Waals surface area contributed by atoms with Crippen LogP contribution in [-0.2, 0) is 4.74 Å². The van der Waals surface area contributed by atoms with Crippen LogP contribution in [0.15, 0.2) is 24.3 Å². The Labute approximate surface area is 102 Å². The molecule has 3 nitrogen and oxygen atoms in total. The zero-order valence-corrected chi connectivity index (χ0v) is 10.5. The van der Waals surface area contributed by atoms with Crippen molar-refractivity contribution in [1.82, 2.24) is 0 Å². The molecule has 92 valence electrons. The van der Waals surface area contributed by atoms with Gasteiger partial charge in [0.1, 0.15) is 6.54 Å². The molecular weight excluding hydrogens is 214 g/mol. The fraction of sp³-hybridized carbons (Fsp3) is 0.500. The van der Waals surface area contributed by atoms with E-state index in [1.54, 1.807) is 0 Å². The molecule has 0 saturated carbocycles. The molecule has 1 N–H and O–H groups in total. The van der Waals surface area contributed by atoms with E-state index < -0.39 is 0 Å². The van der Waals surface area contributed by atoms with Gasteiger partial charge in [0.25, 0.3) is 0 Å². The van der Waals surface area contributed by atoms with Crippen molar-refractivity contribution in [2.24, 2.45) is 0 Å². The normalized spacial score (nSPS) is 24.4. The first-order chi connectivity index (χ1) is 8.16. The number of rotatable bonds is 2. The predicted molar refractivity (Wildman–Crippen MR) is 66.2 cm³/mol. The van der Waals surface area contributed by atoms with Gasteiger partial charge in [-0.05, 0) is 25.0 Å². The number of piperidine rings is 1. The number of aryl methyl sites for hydroxylation is 1. The van der Waals surface area contributed by atoms with Crippen molar-refractivity contribution >= 4 is 5.97 Å². The quantitative estimate of drug-likeness (QED) is 0.768. The Hall–Kier alpha value is -1.35. The van der Waals surface area contributed by atoms with E-state index in [0.29, 0.717) is 5.56 Å². The van der Waals surface area contributed by atoms with Crippen molar-refractivity contribution in [3.63, 3.8) is 0 Å². The number of esters is 1. The molecular formula is C14H20NO2+. The monoisotopic (exact) mass is 234 g/mol. The van der Waals surface area contributed by atoms with E-state index in [4.69, 9.17) is 4.74 Å². The van der Waals surface area contributed by atoms with Crippen LogP contribution < -0.4 is 4.90 Å². The molecule has 1 aromatic rings. The zero-order valence-electron chi connectivity index (χ0n) is 10.5. The second-order valence-electron chi connectivity index (χ2n) is 4.90. The summed E-state index contributed by atoms with van der Waals surface area (Å²) in [5.41, 5.74) is 1.67. The number of nitrogens with one attached hydrogen (secondary N) is 1. The molecule has 1 aliphatic heterocycles. The lowest BCUT2D eigenvalue weighted by atomic mass is 10.1. The summed E-state index contributed by atoms with van der Waals surface area (Å²) in [5.74, 6) is -0.178. The molecule has 0 bridgehead atoms. The fourth-order valence-electron chi connectivity index (χ4n) is 2.34. The molecule has 0 amide bonds. The second-order valence-corrected chi connectivity index (χ2v) is 4.90. The van der Waals surface area contributed by atoms with Crippen molar-refractivity contribution in [3.05, 3.63) is 35.4 Å². The highest BCUT2D eigenvalue weighted by Crippen LogP contribution is 2.12. The Balaban J connectivity index is 1.99. The molecule has 2 atom stereocenters. The summed E-state index contributed by atoms with van der Waals surface area (Å²) in [6.45, 7) is 4.05. The summed E-state index contributed by atoms with van der Waals surface area (Å²) >= 11 is 0. The van der Waals surface area contributed by atoms with Gasteiger partial charge in [-0.2, -0.15) is 0 Å². The first kappa shape index (κ1) is 12.1. The second kappa shape index (κ2) is 5.32. The highest BCUT2D eigenvalue weighted by Gasteiger charge is 2.24. The Morgan fingerprint density at radius 1 is 1.41 bits per heavy atom. The largest absolute Gasteiger partial charge is 0.453 e. The molecule has 1 fully saturated rings. The van der Waals surface area contributed by atoms with Gasteiger partial charge in [0.2, 0.25) is 0 Å². The number of hydrogen-bond donors (Lipinski definition) is 1. The maximum atomic E-state index is 12.0. The molecule has 0 spiro atoms. The minimum atomic E-state index is -0.178. The summed E-state index contributed by atoms with van der Waals surface area (Å²) in [7, 11) is 2.15. The zero-order chi connectivity index (χ0) is 12.3. The molecule has 2 rings (SSSR count).